The van der Waals surface area contributed by atoms with Crippen molar-refractivity contribution in [3.8, 4) is 11.4 Å². The summed E-state index contributed by atoms with van der Waals surface area (Å²) >= 11 is 1.64. The third-order valence-electron chi connectivity index (χ3n) is 3.61. The number of thiophene rings is 1. The number of hydrogen-bond acceptors (Lipinski definition) is 3. The fourth-order valence-corrected chi connectivity index (χ4v) is 3.45. The number of hydrogen-bond donors (Lipinski definition) is 1. The summed E-state index contributed by atoms with van der Waals surface area (Å²) in [4.78, 5) is 6.04. The zero-order valence-electron chi connectivity index (χ0n) is 11.4. The Labute approximate surface area is 116 Å². The maximum absolute atomic E-state index is 6.18. The van der Waals surface area contributed by atoms with Gasteiger partial charge in [-0.2, -0.15) is 0 Å². The zero-order chi connectivity index (χ0) is 13.6. The van der Waals surface area contributed by atoms with Crippen LogP contribution in [0.1, 0.15) is 17.4 Å². The van der Waals surface area contributed by atoms with Gasteiger partial charge in [-0.3, -0.25) is 0 Å². The van der Waals surface area contributed by atoms with Crippen molar-refractivity contribution >= 4 is 27.4 Å². The van der Waals surface area contributed by atoms with Crippen LogP contribution in [0.25, 0.3) is 22.4 Å². The number of imidazole rings is 1. The van der Waals surface area contributed by atoms with Crippen LogP contribution in [0.3, 0.4) is 0 Å². The van der Waals surface area contributed by atoms with Crippen molar-refractivity contribution in [2.45, 2.75) is 27.3 Å². The third kappa shape index (κ3) is 1.75. The van der Waals surface area contributed by atoms with Crippen molar-refractivity contribution in [1.29, 1.82) is 0 Å². The van der Waals surface area contributed by atoms with Crippen molar-refractivity contribution in [3.05, 3.63) is 34.7 Å². The van der Waals surface area contributed by atoms with Gasteiger partial charge >= 0.3 is 0 Å². The Morgan fingerprint density at radius 2 is 2.00 bits per heavy atom. The lowest BCUT2D eigenvalue weighted by Crippen LogP contribution is -1.99. The highest BCUT2D eigenvalue weighted by atomic mass is 32.1. The molecule has 0 bridgehead atoms. The molecule has 0 unspecified atom stereocenters. The van der Waals surface area contributed by atoms with Crippen LogP contribution in [0.2, 0.25) is 0 Å². The fourth-order valence-electron chi connectivity index (χ4n) is 2.52. The second-order valence-corrected chi connectivity index (χ2v) is 5.95. The molecule has 0 aliphatic carbocycles. The largest absolute Gasteiger partial charge is 0.390 e. The Balaban J connectivity index is 2.36. The Bertz CT molecular complexity index is 752. The number of nitrogens with zero attached hydrogens (tertiary/aromatic N) is 2. The maximum Gasteiger partial charge on any atom is 0.144 e. The molecule has 4 heteroatoms. The van der Waals surface area contributed by atoms with Gasteiger partial charge in [-0.25, -0.2) is 4.98 Å². The van der Waals surface area contributed by atoms with E-state index >= 15 is 0 Å². The minimum absolute atomic E-state index is 0.861. The Hall–Kier alpha value is -1.81. The van der Waals surface area contributed by atoms with Crippen LogP contribution in [0.15, 0.2) is 24.3 Å². The topological polar surface area (TPSA) is 43.8 Å². The summed E-state index contributed by atoms with van der Waals surface area (Å²) in [6.07, 6.45) is 0. The molecule has 3 rings (SSSR count). The number of aryl methyl sites for hydroxylation is 2. The number of anilines is 1. The van der Waals surface area contributed by atoms with E-state index in [-0.39, 0.29) is 0 Å². The van der Waals surface area contributed by atoms with Crippen molar-refractivity contribution < 1.29 is 0 Å². The number of benzene rings is 1. The first-order chi connectivity index (χ1) is 9.13. The van der Waals surface area contributed by atoms with Crippen molar-refractivity contribution in [2.75, 3.05) is 5.73 Å². The summed E-state index contributed by atoms with van der Waals surface area (Å²) in [5.74, 6) is 0.989. The lowest BCUT2D eigenvalue weighted by molar-refractivity contribution is 0.796. The van der Waals surface area contributed by atoms with E-state index < -0.39 is 0 Å². The molecule has 19 heavy (non-hydrogen) atoms. The van der Waals surface area contributed by atoms with Crippen LogP contribution >= 0.6 is 11.3 Å². The number of fused-ring (bicyclic) bond motifs is 1. The molecule has 0 atom stereocenters. The average Bonchev–Trinajstić information content (AvgIpc) is 2.87. The molecule has 0 aliphatic rings. The van der Waals surface area contributed by atoms with Crippen LogP contribution in [0.5, 0.6) is 0 Å². The lowest BCUT2D eigenvalue weighted by atomic mass is 10.1. The van der Waals surface area contributed by atoms with Gasteiger partial charge in [0.25, 0.3) is 0 Å². The van der Waals surface area contributed by atoms with Crippen LogP contribution in [-0.2, 0) is 6.54 Å². The number of aromatic nitrogens is 2. The quantitative estimate of drug-likeness (QED) is 0.766. The highest BCUT2D eigenvalue weighted by Gasteiger charge is 2.18. The van der Waals surface area contributed by atoms with Crippen molar-refractivity contribution in [3.63, 3.8) is 0 Å². The van der Waals surface area contributed by atoms with E-state index in [9.17, 15) is 0 Å². The van der Waals surface area contributed by atoms with Gasteiger partial charge in [-0.1, -0.05) is 12.1 Å². The molecule has 98 valence electrons. The number of nitrogens with two attached hydrogens (primary N) is 1. The van der Waals surface area contributed by atoms with E-state index in [2.05, 4.69) is 43.5 Å². The summed E-state index contributed by atoms with van der Waals surface area (Å²) < 4.78 is 2.24. The fraction of sp³-hybridized carbons (Fsp3) is 0.267. The molecule has 2 N–H and O–H groups in total. The molecular weight excluding hydrogens is 254 g/mol. The molecule has 2 aromatic heterocycles. The highest BCUT2D eigenvalue weighted by Crippen LogP contribution is 2.38. The summed E-state index contributed by atoms with van der Waals surface area (Å²) in [6, 6.07) is 8.24. The van der Waals surface area contributed by atoms with Crippen LogP contribution in [-0.4, -0.2) is 9.55 Å². The molecule has 0 radical (unpaired) electrons. The van der Waals surface area contributed by atoms with E-state index in [1.165, 1.54) is 16.0 Å². The van der Waals surface area contributed by atoms with Gasteiger partial charge in [0, 0.05) is 11.4 Å². The zero-order valence-corrected chi connectivity index (χ0v) is 12.2. The molecule has 0 aliphatic heterocycles. The van der Waals surface area contributed by atoms with Crippen LogP contribution < -0.4 is 5.73 Å². The molecule has 2 heterocycles. The van der Waals surface area contributed by atoms with Gasteiger partial charge in [0.15, 0.2) is 0 Å². The molecule has 0 saturated carbocycles. The standard InChI is InChI=1S/C15H17N3S/c1-4-18-12-8-6-5-7-11(12)17-15(18)13-9(2)10(3)19-14(13)16/h5-8H,4,16H2,1-3H3. The van der Waals surface area contributed by atoms with E-state index in [0.29, 0.717) is 0 Å². The van der Waals surface area contributed by atoms with E-state index in [1.807, 2.05) is 6.07 Å². The predicted molar refractivity (Wildman–Crippen MR) is 82.6 cm³/mol. The normalized spacial score (nSPS) is 11.3. The molecule has 0 saturated heterocycles. The summed E-state index contributed by atoms with van der Waals surface area (Å²) in [7, 11) is 0. The molecule has 0 amide bonds. The SMILES string of the molecule is CCn1c(-c2c(N)sc(C)c2C)nc2ccccc21. The molecule has 3 aromatic rings. The first kappa shape index (κ1) is 12.2. The Morgan fingerprint density at radius 1 is 1.26 bits per heavy atom. The first-order valence-electron chi connectivity index (χ1n) is 6.44. The second-order valence-electron chi connectivity index (χ2n) is 4.69. The number of nitrogen functional groups attached to an aromatic ring is 1. The van der Waals surface area contributed by atoms with Gasteiger partial charge in [0.1, 0.15) is 5.82 Å². The van der Waals surface area contributed by atoms with E-state index in [1.54, 1.807) is 11.3 Å². The summed E-state index contributed by atoms with van der Waals surface area (Å²) in [5, 5.41) is 0.861. The predicted octanol–water partition coefficient (Wildman–Crippen LogP) is 3.98. The minimum Gasteiger partial charge on any atom is -0.390 e. The third-order valence-corrected chi connectivity index (χ3v) is 4.64. The second kappa shape index (κ2) is 4.38. The van der Waals surface area contributed by atoms with Gasteiger partial charge in [0.05, 0.1) is 21.6 Å². The van der Waals surface area contributed by atoms with E-state index in [4.69, 9.17) is 10.7 Å². The lowest BCUT2D eigenvalue weighted by Gasteiger charge is -2.06. The maximum atomic E-state index is 6.18. The molecule has 0 fully saturated rings. The molecule has 0 spiro atoms. The molecular formula is C15H17N3S. The number of para-hydroxylation sites is 2. The summed E-state index contributed by atoms with van der Waals surface area (Å²) in [6.45, 7) is 7.27. The molecule has 1 aromatic carbocycles. The van der Waals surface area contributed by atoms with Crippen molar-refractivity contribution in [2.24, 2.45) is 0 Å². The smallest absolute Gasteiger partial charge is 0.144 e. The monoisotopic (exact) mass is 271 g/mol. The van der Waals surface area contributed by atoms with Crippen LogP contribution in [0, 0.1) is 13.8 Å². The van der Waals surface area contributed by atoms with Gasteiger partial charge in [0.2, 0.25) is 0 Å². The van der Waals surface area contributed by atoms with Crippen LogP contribution in [0.4, 0.5) is 5.00 Å². The van der Waals surface area contributed by atoms with E-state index in [0.717, 1.165) is 28.5 Å². The Morgan fingerprint density at radius 3 is 2.63 bits per heavy atom. The minimum atomic E-state index is 0.861. The highest BCUT2D eigenvalue weighted by molar-refractivity contribution is 7.16. The first-order valence-corrected chi connectivity index (χ1v) is 7.26. The van der Waals surface area contributed by atoms with Gasteiger partial charge < -0.3 is 10.3 Å². The number of rotatable bonds is 2. The van der Waals surface area contributed by atoms with Gasteiger partial charge in [-0.15, -0.1) is 11.3 Å². The van der Waals surface area contributed by atoms with Crippen molar-refractivity contribution in [1.82, 2.24) is 9.55 Å². The van der Waals surface area contributed by atoms with Gasteiger partial charge in [-0.05, 0) is 38.5 Å². The summed E-state index contributed by atoms with van der Waals surface area (Å²) in [5.41, 5.74) is 10.7. The molecule has 3 nitrogen and oxygen atoms in total. The Kier molecular flexibility index (Phi) is 2.82. The average molecular weight is 271 g/mol.